The predicted octanol–water partition coefficient (Wildman–Crippen LogP) is 4.07. The molecular formula is C22H23N7S. The Morgan fingerprint density at radius 2 is 2.17 bits per heavy atom. The Morgan fingerprint density at radius 3 is 3.03 bits per heavy atom. The van der Waals surface area contributed by atoms with Crippen LogP contribution in [0.2, 0.25) is 0 Å². The third kappa shape index (κ3) is 3.42. The average Bonchev–Trinajstić information content (AvgIpc) is 3.45. The Labute approximate surface area is 177 Å². The second kappa shape index (κ2) is 7.37. The van der Waals surface area contributed by atoms with Gasteiger partial charge in [-0.05, 0) is 48.4 Å². The Balaban J connectivity index is 1.15. The number of benzene rings is 1. The van der Waals surface area contributed by atoms with Crippen molar-refractivity contribution in [1.82, 2.24) is 34.7 Å². The summed E-state index contributed by atoms with van der Waals surface area (Å²) < 4.78 is 3.91. The lowest BCUT2D eigenvalue weighted by atomic mass is 9.85. The molecule has 0 unspecified atom stereocenters. The maximum atomic E-state index is 4.36. The molecule has 8 heteroatoms. The number of imidazole rings is 1. The van der Waals surface area contributed by atoms with Crippen molar-refractivity contribution in [3.63, 3.8) is 0 Å². The molecule has 0 radical (unpaired) electrons. The van der Waals surface area contributed by atoms with E-state index in [1.807, 2.05) is 34.0 Å². The normalized spacial score (nSPS) is 14.7. The van der Waals surface area contributed by atoms with Gasteiger partial charge in [0.1, 0.15) is 10.5 Å². The van der Waals surface area contributed by atoms with E-state index >= 15 is 0 Å². The number of nitrogens with zero attached hydrogens (tertiary/aromatic N) is 5. The quantitative estimate of drug-likeness (QED) is 0.418. The van der Waals surface area contributed by atoms with Crippen LogP contribution in [0.4, 0.5) is 0 Å². The summed E-state index contributed by atoms with van der Waals surface area (Å²) in [6.07, 6.45) is 11.9. The first-order valence-corrected chi connectivity index (χ1v) is 11.2. The Hall–Kier alpha value is -2.97. The van der Waals surface area contributed by atoms with Gasteiger partial charge in [-0.25, -0.2) is 9.67 Å². The second-order valence-electron chi connectivity index (χ2n) is 8.18. The van der Waals surface area contributed by atoms with Gasteiger partial charge in [0.15, 0.2) is 0 Å². The SMILES string of the molecule is c1cc2cc(CNCC3CCC3)[nH]c2cc1Cn1cc(-c2cn3cncc3s2)nn1. The number of H-pyrrole nitrogens is 1. The van der Waals surface area contributed by atoms with E-state index in [-0.39, 0.29) is 0 Å². The number of aromatic amines is 1. The van der Waals surface area contributed by atoms with Crippen molar-refractivity contribution >= 4 is 27.1 Å². The van der Waals surface area contributed by atoms with E-state index in [0.717, 1.165) is 34.4 Å². The van der Waals surface area contributed by atoms with Crippen LogP contribution in [0.1, 0.15) is 30.5 Å². The molecule has 1 aliphatic rings. The molecular weight excluding hydrogens is 394 g/mol. The van der Waals surface area contributed by atoms with E-state index < -0.39 is 0 Å². The molecule has 2 N–H and O–H groups in total. The van der Waals surface area contributed by atoms with Gasteiger partial charge in [0.25, 0.3) is 0 Å². The lowest BCUT2D eigenvalue weighted by Gasteiger charge is -2.25. The van der Waals surface area contributed by atoms with Crippen LogP contribution in [0.25, 0.3) is 26.3 Å². The molecule has 1 aromatic carbocycles. The van der Waals surface area contributed by atoms with Crippen molar-refractivity contribution in [2.24, 2.45) is 5.92 Å². The molecule has 6 rings (SSSR count). The number of rotatable bonds is 7. The van der Waals surface area contributed by atoms with E-state index in [1.165, 1.54) is 41.4 Å². The molecule has 0 bridgehead atoms. The van der Waals surface area contributed by atoms with Gasteiger partial charge >= 0.3 is 0 Å². The highest BCUT2D eigenvalue weighted by Crippen LogP contribution is 2.27. The highest BCUT2D eigenvalue weighted by molar-refractivity contribution is 7.20. The molecule has 152 valence electrons. The third-order valence-electron chi connectivity index (χ3n) is 5.95. The summed E-state index contributed by atoms with van der Waals surface area (Å²) in [4.78, 5) is 9.90. The summed E-state index contributed by atoms with van der Waals surface area (Å²) in [6.45, 7) is 2.73. The number of nitrogens with one attached hydrogen (secondary N) is 2. The first kappa shape index (κ1) is 17.9. The molecule has 0 aliphatic heterocycles. The lowest BCUT2D eigenvalue weighted by molar-refractivity contribution is 0.301. The lowest BCUT2D eigenvalue weighted by Crippen LogP contribution is -2.26. The van der Waals surface area contributed by atoms with Crippen LogP contribution in [-0.2, 0) is 13.1 Å². The molecule has 1 saturated carbocycles. The van der Waals surface area contributed by atoms with E-state index in [4.69, 9.17) is 0 Å². The van der Waals surface area contributed by atoms with Crippen molar-refractivity contribution in [2.45, 2.75) is 32.4 Å². The molecule has 0 saturated heterocycles. The summed E-state index contributed by atoms with van der Waals surface area (Å²) in [5.41, 5.74) is 4.52. The average molecular weight is 418 g/mol. The molecule has 30 heavy (non-hydrogen) atoms. The summed E-state index contributed by atoms with van der Waals surface area (Å²) in [5.74, 6) is 0.883. The summed E-state index contributed by atoms with van der Waals surface area (Å²) in [5, 5.41) is 13.5. The second-order valence-corrected chi connectivity index (χ2v) is 9.24. The molecule has 4 heterocycles. The number of fused-ring (bicyclic) bond motifs is 2. The summed E-state index contributed by atoms with van der Waals surface area (Å²) in [7, 11) is 0. The molecule has 1 fully saturated rings. The fraction of sp³-hybridized carbons (Fsp3) is 0.318. The minimum Gasteiger partial charge on any atom is -0.357 e. The Morgan fingerprint density at radius 1 is 1.20 bits per heavy atom. The van der Waals surface area contributed by atoms with Crippen molar-refractivity contribution < 1.29 is 0 Å². The highest BCUT2D eigenvalue weighted by Gasteiger charge is 2.16. The van der Waals surface area contributed by atoms with Crippen LogP contribution in [0.3, 0.4) is 0 Å². The van der Waals surface area contributed by atoms with Crippen molar-refractivity contribution in [3.8, 4) is 10.6 Å². The Kier molecular flexibility index (Phi) is 4.39. The van der Waals surface area contributed by atoms with Crippen molar-refractivity contribution in [1.29, 1.82) is 0 Å². The van der Waals surface area contributed by atoms with Crippen LogP contribution < -0.4 is 5.32 Å². The number of hydrogen-bond donors (Lipinski definition) is 2. The number of thiazole rings is 1. The van der Waals surface area contributed by atoms with Gasteiger partial charge in [-0.15, -0.1) is 16.4 Å². The molecule has 0 amide bonds. The predicted molar refractivity (Wildman–Crippen MR) is 119 cm³/mol. The van der Waals surface area contributed by atoms with Gasteiger partial charge in [0, 0.05) is 24.0 Å². The minimum atomic E-state index is 0.697. The fourth-order valence-corrected chi connectivity index (χ4v) is 4.97. The molecule has 7 nitrogen and oxygen atoms in total. The maximum absolute atomic E-state index is 4.36. The largest absolute Gasteiger partial charge is 0.357 e. The van der Waals surface area contributed by atoms with Gasteiger partial charge in [-0.3, -0.25) is 4.40 Å². The molecule has 5 aromatic rings. The summed E-state index contributed by atoms with van der Waals surface area (Å²) in [6, 6.07) is 8.82. The Bertz CT molecular complexity index is 1280. The van der Waals surface area contributed by atoms with Crippen LogP contribution >= 0.6 is 11.3 Å². The highest BCUT2D eigenvalue weighted by atomic mass is 32.1. The van der Waals surface area contributed by atoms with Gasteiger partial charge in [0.05, 0.1) is 30.1 Å². The minimum absolute atomic E-state index is 0.697. The van der Waals surface area contributed by atoms with Crippen LogP contribution in [0.15, 0.2) is 49.2 Å². The number of hydrogen-bond acceptors (Lipinski definition) is 5. The van der Waals surface area contributed by atoms with E-state index in [9.17, 15) is 0 Å². The van der Waals surface area contributed by atoms with E-state index in [1.54, 1.807) is 11.3 Å². The smallest absolute Gasteiger partial charge is 0.124 e. The van der Waals surface area contributed by atoms with Gasteiger partial charge in [-0.2, -0.15) is 0 Å². The van der Waals surface area contributed by atoms with Gasteiger partial charge < -0.3 is 10.3 Å². The first-order chi connectivity index (χ1) is 14.8. The van der Waals surface area contributed by atoms with E-state index in [0.29, 0.717) is 6.54 Å². The monoisotopic (exact) mass is 417 g/mol. The van der Waals surface area contributed by atoms with Crippen LogP contribution in [-0.4, -0.2) is 35.9 Å². The summed E-state index contributed by atoms with van der Waals surface area (Å²) >= 11 is 1.67. The zero-order valence-corrected chi connectivity index (χ0v) is 17.4. The molecule has 0 atom stereocenters. The van der Waals surface area contributed by atoms with Crippen molar-refractivity contribution in [2.75, 3.05) is 6.54 Å². The van der Waals surface area contributed by atoms with E-state index in [2.05, 4.69) is 49.9 Å². The van der Waals surface area contributed by atoms with Crippen molar-refractivity contribution in [3.05, 3.63) is 60.4 Å². The number of aromatic nitrogens is 6. The van der Waals surface area contributed by atoms with Crippen LogP contribution in [0, 0.1) is 5.92 Å². The fourth-order valence-electron chi connectivity index (χ4n) is 4.06. The molecule has 0 spiro atoms. The molecule has 1 aliphatic carbocycles. The third-order valence-corrected chi connectivity index (χ3v) is 7.01. The zero-order chi connectivity index (χ0) is 19.9. The molecule has 4 aromatic heterocycles. The maximum Gasteiger partial charge on any atom is 0.124 e. The standard InChI is InChI=1S/C22H23N7S/c1-2-15(3-1)8-23-9-18-7-17-5-4-16(6-19(17)25-18)11-29-12-20(26-27-29)21-13-28-14-24-10-22(28)30-21/h4-7,10,12-15,23,25H,1-3,8-9,11H2. The van der Waals surface area contributed by atoms with Gasteiger partial charge in [-0.1, -0.05) is 23.8 Å². The van der Waals surface area contributed by atoms with Gasteiger partial charge in [0.2, 0.25) is 0 Å². The zero-order valence-electron chi connectivity index (χ0n) is 16.6. The topological polar surface area (TPSA) is 75.8 Å². The van der Waals surface area contributed by atoms with Crippen LogP contribution in [0.5, 0.6) is 0 Å². The first-order valence-electron chi connectivity index (χ1n) is 10.4.